The summed E-state index contributed by atoms with van der Waals surface area (Å²) in [5.41, 5.74) is 6.46. The zero-order chi connectivity index (χ0) is 15.2. The van der Waals surface area contributed by atoms with E-state index in [1.165, 1.54) is 5.56 Å². The standard InChI is InChI=1S/C18H20N4/c1-15(17-10-6-3-7-11-17)20-21-18-19-12-13-22(18)14-16-8-4-2-5-9-16/h2-11H,12-14H2,1H3,(H,19,21)/b20-15-. The van der Waals surface area contributed by atoms with E-state index in [0.29, 0.717) is 0 Å². The maximum atomic E-state index is 4.50. The van der Waals surface area contributed by atoms with E-state index in [2.05, 4.69) is 56.8 Å². The van der Waals surface area contributed by atoms with Gasteiger partial charge in [0.1, 0.15) is 0 Å². The predicted octanol–water partition coefficient (Wildman–Crippen LogP) is 2.87. The van der Waals surface area contributed by atoms with Gasteiger partial charge in [-0.2, -0.15) is 5.10 Å². The van der Waals surface area contributed by atoms with Crippen molar-refractivity contribution in [2.75, 3.05) is 13.1 Å². The van der Waals surface area contributed by atoms with Gasteiger partial charge in [-0.15, -0.1) is 0 Å². The smallest absolute Gasteiger partial charge is 0.215 e. The Morgan fingerprint density at radius 3 is 2.50 bits per heavy atom. The topological polar surface area (TPSA) is 40.0 Å². The van der Waals surface area contributed by atoms with E-state index in [-0.39, 0.29) is 0 Å². The van der Waals surface area contributed by atoms with Gasteiger partial charge in [0.05, 0.1) is 12.3 Å². The SMILES string of the molecule is C/C(=N/NC1=NCCN1Cc1ccccc1)c1ccccc1. The van der Waals surface area contributed by atoms with E-state index in [1.54, 1.807) is 0 Å². The molecule has 112 valence electrons. The average Bonchev–Trinajstić information content (AvgIpc) is 3.01. The number of benzene rings is 2. The highest BCUT2D eigenvalue weighted by atomic mass is 15.4. The number of hydrogen-bond acceptors (Lipinski definition) is 4. The Morgan fingerprint density at radius 1 is 1.09 bits per heavy atom. The third-order valence-corrected chi connectivity index (χ3v) is 3.66. The first kappa shape index (κ1) is 14.3. The Hall–Kier alpha value is -2.62. The van der Waals surface area contributed by atoms with E-state index >= 15 is 0 Å². The van der Waals surface area contributed by atoms with Gasteiger partial charge in [-0.3, -0.25) is 0 Å². The monoisotopic (exact) mass is 292 g/mol. The van der Waals surface area contributed by atoms with E-state index < -0.39 is 0 Å². The number of nitrogens with one attached hydrogen (secondary N) is 1. The molecule has 0 saturated carbocycles. The lowest BCUT2D eigenvalue weighted by atomic mass is 10.1. The largest absolute Gasteiger partial charge is 0.335 e. The molecule has 0 unspecified atom stereocenters. The van der Waals surface area contributed by atoms with Crippen molar-refractivity contribution in [2.24, 2.45) is 10.1 Å². The van der Waals surface area contributed by atoms with E-state index in [4.69, 9.17) is 0 Å². The fraction of sp³-hybridized carbons (Fsp3) is 0.222. The van der Waals surface area contributed by atoms with Gasteiger partial charge in [-0.1, -0.05) is 60.7 Å². The van der Waals surface area contributed by atoms with Crippen LogP contribution in [0.15, 0.2) is 70.8 Å². The van der Waals surface area contributed by atoms with Crippen LogP contribution in [-0.2, 0) is 6.54 Å². The van der Waals surface area contributed by atoms with Crippen LogP contribution < -0.4 is 5.43 Å². The number of rotatable bonds is 4. The lowest BCUT2D eigenvalue weighted by Gasteiger charge is -2.19. The van der Waals surface area contributed by atoms with Crippen molar-refractivity contribution in [2.45, 2.75) is 13.5 Å². The van der Waals surface area contributed by atoms with Crippen LogP contribution in [0.3, 0.4) is 0 Å². The van der Waals surface area contributed by atoms with Crippen molar-refractivity contribution < 1.29 is 0 Å². The molecule has 22 heavy (non-hydrogen) atoms. The molecule has 3 rings (SSSR count). The van der Waals surface area contributed by atoms with Gasteiger partial charge < -0.3 is 4.90 Å². The number of guanidine groups is 1. The molecule has 0 aliphatic carbocycles. The van der Waals surface area contributed by atoms with Crippen LogP contribution >= 0.6 is 0 Å². The van der Waals surface area contributed by atoms with Crippen LogP contribution in [0.4, 0.5) is 0 Å². The maximum absolute atomic E-state index is 4.50. The molecule has 0 spiro atoms. The summed E-state index contributed by atoms with van der Waals surface area (Å²) in [5, 5.41) is 4.46. The molecule has 1 heterocycles. The second-order valence-electron chi connectivity index (χ2n) is 5.29. The van der Waals surface area contributed by atoms with Crippen molar-refractivity contribution >= 4 is 11.7 Å². The molecule has 2 aromatic rings. The Labute approximate surface area is 131 Å². The summed E-state index contributed by atoms with van der Waals surface area (Å²) in [4.78, 5) is 6.72. The maximum Gasteiger partial charge on any atom is 0.215 e. The molecule has 0 aromatic heterocycles. The fourth-order valence-electron chi connectivity index (χ4n) is 2.42. The van der Waals surface area contributed by atoms with Crippen LogP contribution in [0.1, 0.15) is 18.1 Å². The van der Waals surface area contributed by atoms with Crippen LogP contribution in [0, 0.1) is 0 Å². The summed E-state index contributed by atoms with van der Waals surface area (Å²) in [6.07, 6.45) is 0. The first-order valence-corrected chi connectivity index (χ1v) is 7.52. The number of aliphatic imine (C=N–C) groups is 1. The van der Waals surface area contributed by atoms with Gasteiger partial charge in [0, 0.05) is 13.1 Å². The molecule has 0 atom stereocenters. The van der Waals surface area contributed by atoms with Crippen molar-refractivity contribution in [1.29, 1.82) is 0 Å². The van der Waals surface area contributed by atoms with Crippen LogP contribution in [0.25, 0.3) is 0 Å². The highest BCUT2D eigenvalue weighted by Crippen LogP contribution is 2.08. The van der Waals surface area contributed by atoms with Crippen molar-refractivity contribution in [3.63, 3.8) is 0 Å². The Kier molecular flexibility index (Phi) is 4.49. The van der Waals surface area contributed by atoms with Crippen molar-refractivity contribution in [3.05, 3.63) is 71.8 Å². The lowest BCUT2D eigenvalue weighted by molar-refractivity contribution is 0.438. The fourth-order valence-corrected chi connectivity index (χ4v) is 2.42. The minimum absolute atomic E-state index is 0.815. The van der Waals surface area contributed by atoms with Crippen LogP contribution in [0.5, 0.6) is 0 Å². The molecule has 0 amide bonds. The van der Waals surface area contributed by atoms with Crippen LogP contribution in [0.2, 0.25) is 0 Å². The summed E-state index contributed by atoms with van der Waals surface area (Å²) in [6, 6.07) is 20.6. The molecule has 0 radical (unpaired) electrons. The lowest BCUT2D eigenvalue weighted by Crippen LogP contribution is -2.35. The van der Waals surface area contributed by atoms with Crippen molar-refractivity contribution in [3.8, 4) is 0 Å². The predicted molar refractivity (Wildman–Crippen MR) is 90.9 cm³/mol. The Bertz CT molecular complexity index is 662. The van der Waals surface area contributed by atoms with Gasteiger partial charge >= 0.3 is 0 Å². The van der Waals surface area contributed by atoms with E-state index in [0.717, 1.165) is 36.9 Å². The molecule has 1 aliphatic heterocycles. The molecule has 0 saturated heterocycles. The summed E-state index contributed by atoms with van der Waals surface area (Å²) < 4.78 is 0. The van der Waals surface area contributed by atoms with Gasteiger partial charge in [0.25, 0.3) is 0 Å². The third-order valence-electron chi connectivity index (χ3n) is 3.66. The minimum Gasteiger partial charge on any atom is -0.335 e. The summed E-state index contributed by atoms with van der Waals surface area (Å²) >= 11 is 0. The molecule has 4 nitrogen and oxygen atoms in total. The first-order valence-electron chi connectivity index (χ1n) is 7.52. The molecule has 2 aromatic carbocycles. The summed E-state index contributed by atoms with van der Waals surface area (Å²) in [7, 11) is 0. The number of nitrogens with zero attached hydrogens (tertiary/aromatic N) is 3. The van der Waals surface area contributed by atoms with Gasteiger partial charge in [-0.25, -0.2) is 10.4 Å². The molecule has 0 bridgehead atoms. The molecule has 4 heteroatoms. The number of hydrogen-bond donors (Lipinski definition) is 1. The van der Waals surface area contributed by atoms with Crippen molar-refractivity contribution in [1.82, 2.24) is 10.3 Å². The zero-order valence-electron chi connectivity index (χ0n) is 12.7. The van der Waals surface area contributed by atoms with Gasteiger partial charge in [0.2, 0.25) is 5.96 Å². The van der Waals surface area contributed by atoms with Crippen LogP contribution in [-0.4, -0.2) is 29.7 Å². The molecule has 1 aliphatic rings. The molecule has 1 N–H and O–H groups in total. The molecular formula is C18H20N4. The highest BCUT2D eigenvalue weighted by Gasteiger charge is 2.16. The minimum atomic E-state index is 0.815. The van der Waals surface area contributed by atoms with Gasteiger partial charge in [-0.05, 0) is 18.1 Å². The average molecular weight is 292 g/mol. The third kappa shape index (κ3) is 3.52. The highest BCUT2D eigenvalue weighted by molar-refractivity contribution is 5.99. The van der Waals surface area contributed by atoms with E-state index in [9.17, 15) is 0 Å². The first-order chi connectivity index (χ1) is 10.8. The quantitative estimate of drug-likeness (QED) is 0.695. The zero-order valence-corrected chi connectivity index (χ0v) is 12.7. The van der Waals surface area contributed by atoms with E-state index in [1.807, 2.05) is 31.2 Å². The molecular weight excluding hydrogens is 272 g/mol. The second kappa shape index (κ2) is 6.89. The Balaban J connectivity index is 1.64. The normalized spacial score (nSPS) is 14.9. The summed E-state index contributed by atoms with van der Waals surface area (Å²) in [6.45, 7) is 4.60. The van der Waals surface area contributed by atoms with Gasteiger partial charge in [0.15, 0.2) is 0 Å². The Morgan fingerprint density at radius 2 is 1.77 bits per heavy atom. The number of hydrazone groups is 1. The summed E-state index contributed by atoms with van der Waals surface area (Å²) in [5.74, 6) is 0.846. The second-order valence-corrected chi connectivity index (χ2v) is 5.29. The molecule has 0 fully saturated rings.